The van der Waals surface area contributed by atoms with Crippen molar-refractivity contribution < 1.29 is 19.1 Å². The average Bonchev–Trinajstić information content (AvgIpc) is 2.32. The molecule has 0 aliphatic heterocycles. The molecule has 0 aromatic heterocycles. The fourth-order valence-corrected chi connectivity index (χ4v) is 2.14. The van der Waals surface area contributed by atoms with Crippen molar-refractivity contribution in [2.24, 2.45) is 0 Å². The van der Waals surface area contributed by atoms with E-state index in [9.17, 15) is 19.1 Å². The van der Waals surface area contributed by atoms with Crippen LogP contribution >= 0.6 is 15.9 Å². The summed E-state index contributed by atoms with van der Waals surface area (Å²) in [4.78, 5) is 23.4. The molecule has 1 aromatic carbocycles. The molecule has 1 unspecified atom stereocenters. The number of benzene rings is 1. The molecule has 4 nitrogen and oxygen atoms in total. The van der Waals surface area contributed by atoms with Gasteiger partial charge in [0.15, 0.2) is 6.04 Å². The summed E-state index contributed by atoms with van der Waals surface area (Å²) in [6.45, 7) is 2.12. The van der Waals surface area contributed by atoms with Crippen molar-refractivity contribution in [2.75, 3.05) is 6.54 Å². The molecular weight excluding hydrogens is 305 g/mol. The Hall–Kier alpha value is -1.43. The highest BCUT2D eigenvalue weighted by atomic mass is 79.9. The maximum Gasteiger partial charge on any atom is 0.331 e. The van der Waals surface area contributed by atoms with Crippen LogP contribution in [0.15, 0.2) is 22.7 Å². The number of carbonyl (C=O) groups is 2. The van der Waals surface area contributed by atoms with Gasteiger partial charge in [-0.2, -0.15) is 0 Å². The first-order chi connectivity index (χ1) is 8.51. The second-order valence-corrected chi connectivity index (χ2v) is 4.60. The van der Waals surface area contributed by atoms with Crippen molar-refractivity contribution in [3.8, 4) is 0 Å². The lowest BCUT2D eigenvalue weighted by molar-refractivity contribution is -0.146. The minimum Gasteiger partial charge on any atom is -0.479 e. The fourth-order valence-electron chi connectivity index (χ4n) is 1.68. The van der Waals surface area contributed by atoms with Crippen LogP contribution in [-0.4, -0.2) is 28.9 Å². The maximum absolute atomic E-state index is 13.2. The minimum atomic E-state index is -1.19. The smallest absolute Gasteiger partial charge is 0.331 e. The number of carbonyl (C=O) groups excluding carboxylic acids is 1. The van der Waals surface area contributed by atoms with Crippen LogP contribution in [0.1, 0.15) is 24.9 Å². The molecule has 0 radical (unpaired) electrons. The second kappa shape index (κ2) is 6.49. The molecule has 18 heavy (non-hydrogen) atoms. The van der Waals surface area contributed by atoms with Gasteiger partial charge in [-0.25, -0.2) is 9.18 Å². The first-order valence-electron chi connectivity index (χ1n) is 5.40. The Morgan fingerprint density at radius 3 is 2.78 bits per heavy atom. The SMILES string of the molecule is CCCN(C=O)C(C(=O)O)c1cc(F)ccc1Br. The Labute approximate surface area is 113 Å². The molecule has 0 aliphatic carbocycles. The third-order valence-electron chi connectivity index (χ3n) is 2.44. The van der Waals surface area contributed by atoms with E-state index in [-0.39, 0.29) is 5.56 Å². The number of nitrogens with zero attached hydrogens (tertiary/aromatic N) is 1. The van der Waals surface area contributed by atoms with Gasteiger partial charge in [-0.1, -0.05) is 22.9 Å². The molecule has 1 aromatic rings. The maximum atomic E-state index is 13.2. The summed E-state index contributed by atoms with van der Waals surface area (Å²) in [6, 6.07) is 2.58. The Bertz CT molecular complexity index is 453. The van der Waals surface area contributed by atoms with Gasteiger partial charge in [0.1, 0.15) is 5.82 Å². The van der Waals surface area contributed by atoms with E-state index < -0.39 is 17.8 Å². The monoisotopic (exact) mass is 317 g/mol. The largest absolute Gasteiger partial charge is 0.479 e. The molecule has 1 rings (SSSR count). The van der Waals surface area contributed by atoms with Gasteiger partial charge >= 0.3 is 5.97 Å². The van der Waals surface area contributed by atoms with Crippen LogP contribution in [0.2, 0.25) is 0 Å². The number of rotatable bonds is 6. The lowest BCUT2D eigenvalue weighted by atomic mass is 10.1. The summed E-state index contributed by atoms with van der Waals surface area (Å²) < 4.78 is 13.7. The molecule has 0 saturated carbocycles. The average molecular weight is 318 g/mol. The second-order valence-electron chi connectivity index (χ2n) is 3.75. The molecular formula is C12H13BrFNO3. The zero-order valence-corrected chi connectivity index (χ0v) is 11.4. The summed E-state index contributed by atoms with van der Waals surface area (Å²) in [6.07, 6.45) is 1.09. The van der Waals surface area contributed by atoms with Gasteiger partial charge in [-0.05, 0) is 24.6 Å². The molecule has 6 heteroatoms. The number of amides is 1. The van der Waals surface area contributed by atoms with E-state index in [0.717, 1.165) is 11.0 Å². The first-order valence-corrected chi connectivity index (χ1v) is 6.19. The van der Waals surface area contributed by atoms with Gasteiger partial charge in [0.2, 0.25) is 6.41 Å². The van der Waals surface area contributed by atoms with Crippen molar-refractivity contribution in [3.63, 3.8) is 0 Å². The molecule has 0 spiro atoms. The van der Waals surface area contributed by atoms with Crippen molar-refractivity contribution in [2.45, 2.75) is 19.4 Å². The molecule has 1 N–H and O–H groups in total. The van der Waals surface area contributed by atoms with Crippen molar-refractivity contribution in [3.05, 3.63) is 34.1 Å². The summed E-state index contributed by atoms with van der Waals surface area (Å²) in [7, 11) is 0. The molecule has 0 saturated heterocycles. The van der Waals surface area contributed by atoms with Gasteiger partial charge in [0.25, 0.3) is 0 Å². The Balaban J connectivity index is 3.22. The van der Waals surface area contributed by atoms with Crippen LogP contribution in [0.25, 0.3) is 0 Å². The highest BCUT2D eigenvalue weighted by Gasteiger charge is 2.28. The summed E-state index contributed by atoms with van der Waals surface area (Å²) in [5, 5.41) is 9.23. The summed E-state index contributed by atoms with van der Waals surface area (Å²) >= 11 is 3.18. The number of carboxylic acids is 1. The van der Waals surface area contributed by atoms with Crippen LogP contribution < -0.4 is 0 Å². The highest BCUT2D eigenvalue weighted by Crippen LogP contribution is 2.28. The summed E-state index contributed by atoms with van der Waals surface area (Å²) in [5.74, 6) is -1.73. The van der Waals surface area contributed by atoms with Crippen LogP contribution in [0, 0.1) is 5.82 Å². The Morgan fingerprint density at radius 2 is 2.28 bits per heavy atom. The lowest BCUT2D eigenvalue weighted by Crippen LogP contribution is -2.34. The first kappa shape index (κ1) is 14.6. The molecule has 0 bridgehead atoms. The topological polar surface area (TPSA) is 57.6 Å². The van der Waals surface area contributed by atoms with E-state index in [1.807, 2.05) is 6.92 Å². The molecule has 0 heterocycles. The fraction of sp³-hybridized carbons (Fsp3) is 0.333. The molecule has 0 aliphatic rings. The van der Waals surface area contributed by atoms with Crippen LogP contribution in [0.3, 0.4) is 0 Å². The lowest BCUT2D eigenvalue weighted by Gasteiger charge is -2.25. The molecule has 0 fully saturated rings. The van der Waals surface area contributed by atoms with E-state index in [1.165, 1.54) is 12.1 Å². The zero-order chi connectivity index (χ0) is 13.7. The van der Waals surface area contributed by atoms with E-state index in [2.05, 4.69) is 15.9 Å². The van der Waals surface area contributed by atoms with Gasteiger partial charge < -0.3 is 10.0 Å². The van der Waals surface area contributed by atoms with Crippen molar-refractivity contribution in [1.29, 1.82) is 0 Å². The molecule has 1 amide bonds. The number of hydrogen-bond donors (Lipinski definition) is 1. The predicted molar refractivity (Wildman–Crippen MR) is 67.5 cm³/mol. The van der Waals surface area contributed by atoms with E-state index >= 15 is 0 Å². The van der Waals surface area contributed by atoms with Crippen molar-refractivity contribution in [1.82, 2.24) is 4.90 Å². The van der Waals surface area contributed by atoms with E-state index in [1.54, 1.807) is 0 Å². The predicted octanol–water partition coefficient (Wildman–Crippen LogP) is 2.58. The van der Waals surface area contributed by atoms with Gasteiger partial charge in [-0.15, -0.1) is 0 Å². The van der Waals surface area contributed by atoms with E-state index in [4.69, 9.17) is 0 Å². The van der Waals surface area contributed by atoms with Gasteiger partial charge in [-0.3, -0.25) is 4.79 Å². The zero-order valence-electron chi connectivity index (χ0n) is 9.77. The minimum absolute atomic E-state index is 0.225. The number of hydrogen-bond acceptors (Lipinski definition) is 2. The third-order valence-corrected chi connectivity index (χ3v) is 3.16. The Kier molecular flexibility index (Phi) is 5.27. The summed E-state index contributed by atoms with van der Waals surface area (Å²) in [5.41, 5.74) is 0.225. The number of carboxylic acid groups (broad SMARTS) is 1. The highest BCUT2D eigenvalue weighted by molar-refractivity contribution is 9.10. The number of halogens is 2. The quantitative estimate of drug-likeness (QED) is 0.820. The van der Waals surface area contributed by atoms with Crippen LogP contribution in [0.4, 0.5) is 4.39 Å². The van der Waals surface area contributed by atoms with Crippen LogP contribution in [-0.2, 0) is 9.59 Å². The molecule has 1 atom stereocenters. The standard InChI is InChI=1S/C12H13BrFNO3/c1-2-5-15(7-16)11(12(17)18)9-6-8(14)3-4-10(9)13/h3-4,6-7,11H,2,5H2,1H3,(H,17,18). The van der Waals surface area contributed by atoms with Crippen LogP contribution in [0.5, 0.6) is 0 Å². The van der Waals surface area contributed by atoms with Crippen molar-refractivity contribution >= 4 is 28.3 Å². The normalized spacial score (nSPS) is 11.9. The third kappa shape index (κ3) is 3.29. The Morgan fingerprint density at radius 1 is 1.61 bits per heavy atom. The van der Waals surface area contributed by atoms with Gasteiger partial charge in [0.05, 0.1) is 0 Å². The number of aliphatic carboxylic acids is 1. The van der Waals surface area contributed by atoms with Gasteiger partial charge in [0, 0.05) is 16.6 Å². The molecule has 98 valence electrons. The van der Waals surface area contributed by atoms with E-state index in [0.29, 0.717) is 23.8 Å².